The average molecular weight is 391 g/mol. The second kappa shape index (κ2) is 7.56. The number of hydrogen-bond acceptors (Lipinski definition) is 5. The predicted octanol–water partition coefficient (Wildman–Crippen LogP) is 3.71. The van der Waals surface area contributed by atoms with Crippen LogP contribution in [0.25, 0.3) is 22.4 Å². The minimum atomic E-state index is -0.142. The summed E-state index contributed by atoms with van der Waals surface area (Å²) in [6.07, 6.45) is 1.88. The molecule has 0 atom stereocenters. The summed E-state index contributed by atoms with van der Waals surface area (Å²) in [4.78, 5) is 17.8. The smallest absolute Gasteiger partial charge is 0.291 e. The van der Waals surface area contributed by atoms with Crippen LogP contribution in [0, 0.1) is 12.8 Å². The maximum atomic E-state index is 12.7. The number of ether oxygens (including phenoxy) is 1. The van der Waals surface area contributed by atoms with Crippen LogP contribution in [0.5, 0.6) is 5.75 Å². The third kappa shape index (κ3) is 3.82. The lowest BCUT2D eigenvalue weighted by Crippen LogP contribution is -2.23. The fourth-order valence-corrected chi connectivity index (χ4v) is 3.64. The van der Waals surface area contributed by atoms with Crippen LogP contribution in [-0.4, -0.2) is 21.2 Å². The van der Waals surface area contributed by atoms with Crippen molar-refractivity contribution in [3.63, 3.8) is 0 Å². The lowest BCUT2D eigenvalue weighted by Gasteiger charge is -2.08. The van der Waals surface area contributed by atoms with Crippen LogP contribution < -0.4 is 14.8 Å². The molecule has 0 saturated carbocycles. The number of nitrogens with zero attached hydrogens (tertiary/aromatic N) is 3. The molecule has 0 radical (unpaired) electrons. The van der Waals surface area contributed by atoms with E-state index in [9.17, 15) is 4.79 Å². The first kappa shape index (κ1) is 18.4. The highest BCUT2D eigenvalue weighted by molar-refractivity contribution is 7.15. The van der Waals surface area contributed by atoms with Crippen molar-refractivity contribution < 1.29 is 4.74 Å². The molecule has 0 fully saturated rings. The number of thiazole rings is 1. The molecule has 0 aliphatic rings. The fraction of sp³-hybridized carbons (Fsp3) is 0.227. The number of fused-ring (bicyclic) bond motifs is 1. The number of aromatic nitrogens is 3. The van der Waals surface area contributed by atoms with Gasteiger partial charge in [0, 0.05) is 5.56 Å². The van der Waals surface area contributed by atoms with E-state index in [-0.39, 0.29) is 5.56 Å². The minimum absolute atomic E-state index is 0.142. The molecule has 0 unspecified atom stereocenters. The Morgan fingerprint density at radius 1 is 1.11 bits per heavy atom. The lowest BCUT2D eigenvalue weighted by molar-refractivity contribution is 0.271. The van der Waals surface area contributed by atoms with E-state index in [0.717, 1.165) is 16.9 Å². The molecule has 0 aliphatic heterocycles. The summed E-state index contributed by atoms with van der Waals surface area (Å²) in [5.41, 5.74) is 2.89. The standard InChI is InChI=1S/C22H21N3O2S/c1-14(2)13-27-18-10-8-17(9-11-18)20-23-22-25(24-20)21(26)19(28-22)12-16-6-4-15(3)5-7-16/h4-12,14H,13H2,1-3H3/b19-12+. The van der Waals surface area contributed by atoms with Gasteiger partial charge < -0.3 is 4.74 Å². The molecule has 28 heavy (non-hydrogen) atoms. The van der Waals surface area contributed by atoms with Crippen molar-refractivity contribution in [2.24, 2.45) is 5.92 Å². The first-order valence-corrected chi connectivity index (χ1v) is 10.0. The van der Waals surface area contributed by atoms with Gasteiger partial charge in [-0.25, -0.2) is 0 Å². The highest BCUT2D eigenvalue weighted by atomic mass is 32.1. The molecule has 2 aromatic carbocycles. The van der Waals surface area contributed by atoms with Gasteiger partial charge in [-0.3, -0.25) is 4.79 Å². The summed E-state index contributed by atoms with van der Waals surface area (Å²) in [5, 5.41) is 4.41. The van der Waals surface area contributed by atoms with Crippen LogP contribution in [0.1, 0.15) is 25.0 Å². The molecule has 0 aliphatic carbocycles. The van der Waals surface area contributed by atoms with Crippen molar-refractivity contribution in [1.82, 2.24) is 14.6 Å². The largest absolute Gasteiger partial charge is 0.493 e. The molecule has 0 spiro atoms. The van der Waals surface area contributed by atoms with E-state index in [1.54, 1.807) is 0 Å². The Hall–Kier alpha value is -2.99. The molecule has 142 valence electrons. The molecule has 6 heteroatoms. The quantitative estimate of drug-likeness (QED) is 0.520. The number of rotatable bonds is 5. The minimum Gasteiger partial charge on any atom is -0.493 e. The summed E-state index contributed by atoms with van der Waals surface area (Å²) in [6, 6.07) is 15.7. The zero-order chi connectivity index (χ0) is 19.7. The summed E-state index contributed by atoms with van der Waals surface area (Å²) in [7, 11) is 0. The van der Waals surface area contributed by atoms with Crippen molar-refractivity contribution in [1.29, 1.82) is 0 Å². The highest BCUT2D eigenvalue weighted by Gasteiger charge is 2.12. The van der Waals surface area contributed by atoms with Gasteiger partial charge in [0.15, 0.2) is 5.82 Å². The summed E-state index contributed by atoms with van der Waals surface area (Å²) in [6.45, 7) is 6.94. The zero-order valence-electron chi connectivity index (χ0n) is 16.0. The molecule has 0 amide bonds. The maximum Gasteiger partial charge on any atom is 0.291 e. The van der Waals surface area contributed by atoms with Gasteiger partial charge in [0.1, 0.15) is 5.75 Å². The fourth-order valence-electron chi connectivity index (χ4n) is 2.73. The SMILES string of the molecule is Cc1ccc(/C=c2/sc3nc(-c4ccc(OCC(C)C)cc4)nn3c2=O)cc1. The third-order valence-electron chi connectivity index (χ3n) is 4.25. The normalized spacial score (nSPS) is 12.2. The molecule has 2 heterocycles. The van der Waals surface area contributed by atoms with E-state index in [1.165, 1.54) is 21.4 Å². The average Bonchev–Trinajstić information content (AvgIpc) is 3.22. The highest BCUT2D eigenvalue weighted by Crippen LogP contribution is 2.21. The van der Waals surface area contributed by atoms with E-state index in [4.69, 9.17) is 4.74 Å². The van der Waals surface area contributed by atoms with Crippen molar-refractivity contribution in [3.05, 3.63) is 74.5 Å². The maximum absolute atomic E-state index is 12.7. The Labute approximate surface area is 166 Å². The Morgan fingerprint density at radius 3 is 2.46 bits per heavy atom. The number of benzene rings is 2. The molecular formula is C22H21N3O2S. The van der Waals surface area contributed by atoms with E-state index < -0.39 is 0 Å². The lowest BCUT2D eigenvalue weighted by atomic mass is 10.1. The van der Waals surface area contributed by atoms with E-state index in [0.29, 0.717) is 27.8 Å². The first-order chi connectivity index (χ1) is 13.5. The topological polar surface area (TPSA) is 56.5 Å². The molecule has 0 saturated heterocycles. The predicted molar refractivity (Wildman–Crippen MR) is 113 cm³/mol. The second-order valence-electron chi connectivity index (χ2n) is 7.19. The van der Waals surface area contributed by atoms with Gasteiger partial charge in [0.2, 0.25) is 4.96 Å². The van der Waals surface area contributed by atoms with Crippen molar-refractivity contribution in [2.75, 3.05) is 6.61 Å². The van der Waals surface area contributed by atoms with Gasteiger partial charge in [-0.05, 0) is 48.7 Å². The van der Waals surface area contributed by atoms with Crippen LogP contribution in [-0.2, 0) is 0 Å². The Balaban J connectivity index is 1.62. The van der Waals surface area contributed by atoms with Gasteiger partial charge in [0.25, 0.3) is 5.56 Å². The monoisotopic (exact) mass is 391 g/mol. The molecule has 4 aromatic rings. The molecule has 0 bridgehead atoms. The Bertz CT molecular complexity index is 1210. The second-order valence-corrected chi connectivity index (χ2v) is 8.19. The van der Waals surface area contributed by atoms with Crippen molar-refractivity contribution >= 4 is 22.4 Å². The zero-order valence-corrected chi connectivity index (χ0v) is 16.9. The van der Waals surface area contributed by atoms with E-state index in [1.807, 2.05) is 61.5 Å². The molecule has 5 nitrogen and oxygen atoms in total. The van der Waals surface area contributed by atoms with Crippen molar-refractivity contribution in [2.45, 2.75) is 20.8 Å². The Morgan fingerprint density at radius 2 is 1.82 bits per heavy atom. The van der Waals surface area contributed by atoms with Crippen LogP contribution in [0.15, 0.2) is 53.3 Å². The van der Waals surface area contributed by atoms with Crippen LogP contribution in [0.3, 0.4) is 0 Å². The molecule has 0 N–H and O–H groups in total. The first-order valence-electron chi connectivity index (χ1n) is 9.21. The van der Waals surface area contributed by atoms with Gasteiger partial charge >= 0.3 is 0 Å². The van der Waals surface area contributed by atoms with Crippen LogP contribution in [0.4, 0.5) is 0 Å². The summed E-state index contributed by atoms with van der Waals surface area (Å²) >= 11 is 1.35. The number of aryl methyl sites for hydroxylation is 1. The number of hydrogen-bond donors (Lipinski definition) is 0. The Kier molecular flexibility index (Phi) is 4.96. The van der Waals surface area contributed by atoms with E-state index >= 15 is 0 Å². The third-order valence-corrected chi connectivity index (χ3v) is 5.21. The summed E-state index contributed by atoms with van der Waals surface area (Å²) in [5.74, 6) is 1.83. The van der Waals surface area contributed by atoms with Crippen LogP contribution >= 0.6 is 11.3 Å². The van der Waals surface area contributed by atoms with Gasteiger partial charge in [-0.1, -0.05) is 55.0 Å². The van der Waals surface area contributed by atoms with E-state index in [2.05, 4.69) is 23.9 Å². The van der Waals surface area contributed by atoms with Crippen molar-refractivity contribution in [3.8, 4) is 17.1 Å². The molecule has 2 aromatic heterocycles. The van der Waals surface area contributed by atoms with Gasteiger partial charge in [0.05, 0.1) is 11.1 Å². The van der Waals surface area contributed by atoms with Gasteiger partial charge in [-0.2, -0.15) is 9.50 Å². The summed E-state index contributed by atoms with van der Waals surface area (Å²) < 4.78 is 7.71. The molecule has 4 rings (SSSR count). The van der Waals surface area contributed by atoms with Gasteiger partial charge in [-0.15, -0.1) is 5.10 Å². The van der Waals surface area contributed by atoms with Crippen LogP contribution in [0.2, 0.25) is 0 Å². The molecular weight excluding hydrogens is 370 g/mol.